The molecule has 0 amide bonds. The first-order chi connectivity index (χ1) is 12.8. The molecule has 0 spiro atoms. The van der Waals surface area contributed by atoms with Gasteiger partial charge in [0.05, 0.1) is 5.75 Å². The number of rotatable bonds is 7. The summed E-state index contributed by atoms with van der Waals surface area (Å²) in [6.07, 6.45) is 2.21. The van der Waals surface area contributed by atoms with Gasteiger partial charge >= 0.3 is 0 Å². The molecule has 1 heterocycles. The zero-order valence-corrected chi connectivity index (χ0v) is 20.3. The van der Waals surface area contributed by atoms with Crippen LogP contribution in [0.15, 0.2) is 29.3 Å². The van der Waals surface area contributed by atoms with Gasteiger partial charge in [0.15, 0.2) is 5.96 Å². The van der Waals surface area contributed by atoms with E-state index in [1.165, 1.54) is 5.56 Å². The molecule has 160 valence electrons. The van der Waals surface area contributed by atoms with Crippen LogP contribution in [0.4, 0.5) is 0 Å². The molecule has 2 atom stereocenters. The van der Waals surface area contributed by atoms with E-state index in [2.05, 4.69) is 33.6 Å². The van der Waals surface area contributed by atoms with Crippen LogP contribution in [-0.4, -0.2) is 58.3 Å². The minimum absolute atomic E-state index is 0. The molecule has 1 aliphatic rings. The van der Waals surface area contributed by atoms with Gasteiger partial charge in [0, 0.05) is 30.7 Å². The van der Waals surface area contributed by atoms with E-state index in [1.54, 1.807) is 0 Å². The molecule has 1 aromatic rings. The Morgan fingerprint density at radius 1 is 1.39 bits per heavy atom. The first-order valence-corrected chi connectivity index (χ1v) is 11.4. The van der Waals surface area contributed by atoms with E-state index in [0.717, 1.165) is 24.4 Å². The van der Waals surface area contributed by atoms with Crippen molar-refractivity contribution in [3.63, 3.8) is 0 Å². The van der Waals surface area contributed by atoms with Gasteiger partial charge in [0.1, 0.15) is 0 Å². The Kier molecular flexibility index (Phi) is 11.0. The maximum Gasteiger partial charge on any atom is 0.210 e. The van der Waals surface area contributed by atoms with Gasteiger partial charge in [-0.25, -0.2) is 13.6 Å². The van der Waals surface area contributed by atoms with E-state index >= 15 is 0 Å². The number of guanidine groups is 1. The lowest BCUT2D eigenvalue weighted by Gasteiger charge is -2.39. The molecular formula is C18H31ClIN5O2S. The van der Waals surface area contributed by atoms with Crippen molar-refractivity contribution in [2.75, 3.05) is 39.0 Å². The zero-order chi connectivity index (χ0) is 19.9. The number of hydrogen-bond acceptors (Lipinski definition) is 4. The summed E-state index contributed by atoms with van der Waals surface area (Å²) in [5, 5.41) is 12.0. The number of hydrogen-bond donors (Lipinski definition) is 3. The second-order valence-electron chi connectivity index (χ2n) is 6.90. The summed E-state index contributed by atoms with van der Waals surface area (Å²) in [4.78, 5) is 7.05. The van der Waals surface area contributed by atoms with Gasteiger partial charge in [-0.15, -0.1) is 24.0 Å². The second kappa shape index (κ2) is 12.2. The van der Waals surface area contributed by atoms with Crippen LogP contribution < -0.4 is 15.8 Å². The standard InChI is InChI=1S/C18H30ClN5O2S.HI/c1-3-21-18(22-9-11-27(20,25)26)23-13-15-7-5-10-24(2)17(15)14-6-4-8-16(19)12-14;/h4,6,8,12,15,17H,3,5,7,9-11,13H2,1-2H3,(H2,20,25,26)(H2,21,22,23);1H. The minimum Gasteiger partial charge on any atom is -0.357 e. The molecule has 10 heteroatoms. The fraction of sp³-hybridized carbons (Fsp3) is 0.611. The molecular weight excluding hydrogens is 513 g/mol. The third kappa shape index (κ3) is 8.40. The second-order valence-corrected chi connectivity index (χ2v) is 9.07. The van der Waals surface area contributed by atoms with Gasteiger partial charge in [-0.05, 0) is 57.0 Å². The van der Waals surface area contributed by atoms with E-state index < -0.39 is 10.0 Å². The molecule has 7 nitrogen and oxygen atoms in total. The third-order valence-corrected chi connectivity index (χ3v) is 5.71. The molecule has 0 saturated carbocycles. The van der Waals surface area contributed by atoms with Crippen molar-refractivity contribution in [2.45, 2.75) is 25.8 Å². The van der Waals surface area contributed by atoms with Crippen LogP contribution in [0.3, 0.4) is 0 Å². The number of nitrogens with two attached hydrogens (primary N) is 1. The maximum atomic E-state index is 11.1. The Balaban J connectivity index is 0.00000392. The Hall–Kier alpha value is -0.620. The van der Waals surface area contributed by atoms with Crippen LogP contribution in [0.5, 0.6) is 0 Å². The van der Waals surface area contributed by atoms with Crippen LogP contribution in [0.25, 0.3) is 0 Å². The lowest BCUT2D eigenvalue weighted by Crippen LogP contribution is -2.42. The van der Waals surface area contributed by atoms with E-state index in [4.69, 9.17) is 16.7 Å². The van der Waals surface area contributed by atoms with Gasteiger partial charge in [-0.3, -0.25) is 9.89 Å². The maximum absolute atomic E-state index is 11.1. The van der Waals surface area contributed by atoms with Crippen LogP contribution in [0, 0.1) is 5.92 Å². The number of piperidine rings is 1. The summed E-state index contributed by atoms with van der Waals surface area (Å²) in [6, 6.07) is 8.28. The molecule has 1 aromatic carbocycles. The molecule has 0 aromatic heterocycles. The summed E-state index contributed by atoms with van der Waals surface area (Å²) in [5.74, 6) is 0.837. The van der Waals surface area contributed by atoms with Crippen LogP contribution in [0.1, 0.15) is 31.4 Å². The monoisotopic (exact) mass is 543 g/mol. The predicted octanol–water partition coefficient (Wildman–Crippen LogP) is 2.18. The number of aliphatic imine (C=N–C) groups is 1. The van der Waals surface area contributed by atoms with Gasteiger partial charge in [0.25, 0.3) is 0 Å². The average Bonchev–Trinajstić information content (AvgIpc) is 2.58. The highest BCUT2D eigenvalue weighted by Gasteiger charge is 2.30. The highest BCUT2D eigenvalue weighted by atomic mass is 127. The van der Waals surface area contributed by atoms with Crippen LogP contribution in [-0.2, 0) is 10.0 Å². The van der Waals surface area contributed by atoms with Crippen molar-refractivity contribution < 1.29 is 8.42 Å². The van der Waals surface area contributed by atoms with Crippen molar-refractivity contribution in [1.29, 1.82) is 0 Å². The highest BCUT2D eigenvalue weighted by molar-refractivity contribution is 14.0. The van der Waals surface area contributed by atoms with E-state index in [0.29, 0.717) is 25.0 Å². The van der Waals surface area contributed by atoms with Crippen molar-refractivity contribution in [3.05, 3.63) is 34.9 Å². The number of primary sulfonamides is 1. The first kappa shape index (κ1) is 25.4. The summed E-state index contributed by atoms with van der Waals surface area (Å²) in [7, 11) is -1.35. The van der Waals surface area contributed by atoms with Crippen molar-refractivity contribution in [3.8, 4) is 0 Å². The Bertz CT molecular complexity index is 747. The molecule has 0 bridgehead atoms. The molecule has 4 N–H and O–H groups in total. The van der Waals surface area contributed by atoms with E-state index in [1.807, 2.05) is 25.1 Å². The fourth-order valence-corrected chi connectivity index (χ4v) is 4.12. The number of likely N-dealkylation sites (tertiary alicyclic amines) is 1. The molecule has 1 aliphatic heterocycles. The number of benzene rings is 1. The molecule has 28 heavy (non-hydrogen) atoms. The van der Waals surface area contributed by atoms with Gasteiger partial charge in [-0.2, -0.15) is 0 Å². The Morgan fingerprint density at radius 2 is 2.14 bits per heavy atom. The minimum atomic E-state index is -3.49. The molecule has 1 fully saturated rings. The topological polar surface area (TPSA) is 99.8 Å². The Morgan fingerprint density at radius 3 is 2.79 bits per heavy atom. The number of nitrogens with zero attached hydrogens (tertiary/aromatic N) is 2. The largest absolute Gasteiger partial charge is 0.357 e. The predicted molar refractivity (Wildman–Crippen MR) is 127 cm³/mol. The molecule has 2 rings (SSSR count). The lowest BCUT2D eigenvalue weighted by atomic mass is 9.85. The SMILES string of the molecule is CCNC(=NCC1CCCN(C)C1c1cccc(Cl)c1)NCCS(N)(=O)=O.I. The zero-order valence-electron chi connectivity index (χ0n) is 16.4. The van der Waals surface area contributed by atoms with Crippen LogP contribution in [0.2, 0.25) is 5.02 Å². The highest BCUT2D eigenvalue weighted by Crippen LogP contribution is 2.36. The number of nitrogens with one attached hydrogen (secondary N) is 2. The molecule has 0 radical (unpaired) electrons. The van der Waals surface area contributed by atoms with Gasteiger partial charge < -0.3 is 10.6 Å². The van der Waals surface area contributed by atoms with Gasteiger partial charge in [-0.1, -0.05) is 23.7 Å². The summed E-state index contributed by atoms with van der Waals surface area (Å²) < 4.78 is 22.2. The lowest BCUT2D eigenvalue weighted by molar-refractivity contribution is 0.125. The molecule has 0 aliphatic carbocycles. The Labute approximate surface area is 190 Å². The molecule has 2 unspecified atom stereocenters. The normalized spacial score (nSPS) is 21.1. The van der Waals surface area contributed by atoms with Crippen molar-refractivity contribution in [2.24, 2.45) is 16.0 Å². The van der Waals surface area contributed by atoms with Crippen molar-refractivity contribution in [1.82, 2.24) is 15.5 Å². The fourth-order valence-electron chi connectivity index (χ4n) is 3.53. The van der Waals surface area contributed by atoms with Crippen molar-refractivity contribution >= 4 is 51.6 Å². The quantitative estimate of drug-likeness (QED) is 0.278. The first-order valence-electron chi connectivity index (χ1n) is 9.28. The smallest absolute Gasteiger partial charge is 0.210 e. The van der Waals surface area contributed by atoms with Crippen LogP contribution >= 0.6 is 35.6 Å². The molecule has 1 saturated heterocycles. The number of sulfonamides is 1. The van der Waals surface area contributed by atoms with Gasteiger partial charge in [0.2, 0.25) is 10.0 Å². The average molecular weight is 544 g/mol. The summed E-state index contributed by atoms with van der Waals surface area (Å²) in [5.41, 5.74) is 1.21. The van der Waals surface area contributed by atoms with E-state index in [-0.39, 0.29) is 42.3 Å². The number of halogens is 2. The van der Waals surface area contributed by atoms with E-state index in [9.17, 15) is 8.42 Å². The third-order valence-electron chi connectivity index (χ3n) is 4.70. The summed E-state index contributed by atoms with van der Waals surface area (Å²) in [6.45, 7) is 4.59. The summed E-state index contributed by atoms with van der Waals surface area (Å²) >= 11 is 6.20.